The number of hydrogen-bond acceptors (Lipinski definition) is 3. The van der Waals surface area contributed by atoms with E-state index in [1.807, 2.05) is 0 Å². The number of carbonyl (C=O) groups excluding carboxylic acids is 1. The van der Waals surface area contributed by atoms with Crippen LogP contribution in [0.3, 0.4) is 0 Å². The van der Waals surface area contributed by atoms with Crippen LogP contribution in [0.1, 0.15) is 27.8 Å². The molecular formula is C25H19Cl3F4N2O3S. The highest BCUT2D eigenvalue weighted by Crippen LogP contribution is 2.35. The second-order valence-corrected chi connectivity index (χ2v) is 11.9. The van der Waals surface area contributed by atoms with E-state index in [4.69, 9.17) is 34.8 Å². The summed E-state index contributed by atoms with van der Waals surface area (Å²) in [6.45, 7) is 0.101. The quantitative estimate of drug-likeness (QED) is 0.310. The molecule has 0 aromatic heterocycles. The Bertz CT molecular complexity index is 1490. The highest BCUT2D eigenvalue weighted by molar-refractivity contribution is 7.88. The molecule has 1 aliphatic rings. The molecule has 1 amide bonds. The molecule has 0 fully saturated rings. The highest BCUT2D eigenvalue weighted by Gasteiger charge is 2.35. The number of nitrogens with one attached hydrogen (secondary N) is 1. The Morgan fingerprint density at radius 3 is 2.37 bits per heavy atom. The smallest absolute Gasteiger partial charge is 0.324 e. The van der Waals surface area contributed by atoms with Crippen molar-refractivity contribution in [1.29, 1.82) is 0 Å². The predicted molar refractivity (Wildman–Crippen MR) is 138 cm³/mol. The van der Waals surface area contributed by atoms with E-state index in [0.717, 1.165) is 12.1 Å². The molecule has 0 saturated heterocycles. The van der Waals surface area contributed by atoms with E-state index >= 15 is 0 Å². The fourth-order valence-electron chi connectivity index (χ4n) is 4.26. The third kappa shape index (κ3) is 6.43. The first-order chi connectivity index (χ1) is 17.7. The lowest BCUT2D eigenvalue weighted by Gasteiger charge is -2.30. The van der Waals surface area contributed by atoms with Crippen molar-refractivity contribution in [1.82, 2.24) is 4.31 Å². The van der Waals surface area contributed by atoms with Crippen molar-refractivity contribution in [3.63, 3.8) is 0 Å². The molecule has 1 aliphatic heterocycles. The number of fused-ring (bicyclic) bond motifs is 1. The van der Waals surface area contributed by atoms with Gasteiger partial charge in [0.05, 0.1) is 28.4 Å². The zero-order valence-electron chi connectivity index (χ0n) is 19.4. The average molecular weight is 610 g/mol. The largest absolute Gasteiger partial charge is 0.419 e. The van der Waals surface area contributed by atoms with Crippen molar-refractivity contribution in [2.75, 3.05) is 11.9 Å². The van der Waals surface area contributed by atoms with Crippen LogP contribution in [0, 0.1) is 5.82 Å². The number of sulfonamides is 1. The fraction of sp³-hybridized carbons (Fsp3) is 0.240. The molecule has 0 radical (unpaired) electrons. The first-order valence-electron chi connectivity index (χ1n) is 11.1. The van der Waals surface area contributed by atoms with Crippen molar-refractivity contribution in [3.05, 3.63) is 97.2 Å². The van der Waals surface area contributed by atoms with Gasteiger partial charge in [-0.2, -0.15) is 17.5 Å². The number of benzene rings is 3. The standard InChI is InChI=1S/C25H19Cl3F4N2O3S/c26-17-8-14(9-18(27)11-17)13-38(36,37)34-7-6-19-16(12-34)4-5-21(28)24(19)33-22(35)10-15-2-1-3-20(23(15)29)25(30,31)32/h1-5,8-9,11H,6-7,10,12-13H2,(H,33,35). The maximum Gasteiger partial charge on any atom is 0.419 e. The van der Waals surface area contributed by atoms with Crippen molar-refractivity contribution in [2.24, 2.45) is 0 Å². The molecule has 3 aromatic carbocycles. The molecule has 0 spiro atoms. The van der Waals surface area contributed by atoms with Gasteiger partial charge < -0.3 is 5.32 Å². The van der Waals surface area contributed by atoms with Gasteiger partial charge in [0, 0.05) is 23.1 Å². The molecule has 3 aromatic rings. The molecule has 202 valence electrons. The van der Waals surface area contributed by atoms with Crippen LogP contribution >= 0.6 is 34.8 Å². The van der Waals surface area contributed by atoms with Crippen LogP contribution in [0.4, 0.5) is 23.2 Å². The Morgan fingerprint density at radius 1 is 1.03 bits per heavy atom. The van der Waals surface area contributed by atoms with E-state index in [0.29, 0.717) is 32.8 Å². The molecule has 0 saturated carbocycles. The van der Waals surface area contributed by atoms with Crippen LogP contribution < -0.4 is 5.32 Å². The minimum atomic E-state index is -4.90. The number of anilines is 1. The van der Waals surface area contributed by atoms with Crippen molar-refractivity contribution < 1.29 is 30.8 Å². The van der Waals surface area contributed by atoms with Gasteiger partial charge in [-0.15, -0.1) is 0 Å². The molecule has 4 rings (SSSR count). The lowest BCUT2D eigenvalue weighted by atomic mass is 9.98. The Balaban J connectivity index is 1.52. The Kier molecular flexibility index (Phi) is 8.30. The molecule has 38 heavy (non-hydrogen) atoms. The molecule has 13 heteroatoms. The summed E-state index contributed by atoms with van der Waals surface area (Å²) in [5.74, 6) is -2.60. The van der Waals surface area contributed by atoms with E-state index in [9.17, 15) is 30.8 Å². The molecule has 1 N–H and O–H groups in total. The summed E-state index contributed by atoms with van der Waals surface area (Å²) in [5, 5.41) is 3.34. The third-order valence-electron chi connectivity index (χ3n) is 5.98. The topological polar surface area (TPSA) is 66.5 Å². The number of amides is 1. The van der Waals surface area contributed by atoms with Gasteiger partial charge in [0.2, 0.25) is 15.9 Å². The lowest BCUT2D eigenvalue weighted by molar-refractivity contribution is -0.140. The summed E-state index contributed by atoms with van der Waals surface area (Å²) in [5.41, 5.74) is -0.0585. The number of alkyl halides is 3. The van der Waals surface area contributed by atoms with Gasteiger partial charge in [-0.25, -0.2) is 12.8 Å². The summed E-state index contributed by atoms with van der Waals surface area (Å²) >= 11 is 18.3. The third-order valence-corrected chi connectivity index (χ3v) is 8.53. The summed E-state index contributed by atoms with van der Waals surface area (Å²) in [6, 6.07) is 10.4. The van der Waals surface area contributed by atoms with Gasteiger partial charge >= 0.3 is 6.18 Å². The maximum atomic E-state index is 14.4. The van der Waals surface area contributed by atoms with Gasteiger partial charge in [0.15, 0.2) is 0 Å². The molecule has 0 unspecified atom stereocenters. The first kappa shape index (κ1) is 28.6. The average Bonchev–Trinajstić information content (AvgIpc) is 2.80. The van der Waals surface area contributed by atoms with E-state index in [1.165, 1.54) is 28.6 Å². The van der Waals surface area contributed by atoms with Gasteiger partial charge in [0.1, 0.15) is 5.82 Å². The number of carbonyl (C=O) groups is 1. The van der Waals surface area contributed by atoms with E-state index < -0.39 is 45.5 Å². The van der Waals surface area contributed by atoms with Crippen molar-refractivity contribution in [3.8, 4) is 0 Å². The molecule has 0 aliphatic carbocycles. The summed E-state index contributed by atoms with van der Waals surface area (Å²) < 4.78 is 80.9. The maximum absolute atomic E-state index is 14.4. The van der Waals surface area contributed by atoms with Gasteiger partial charge in [0.25, 0.3) is 0 Å². The van der Waals surface area contributed by atoms with Crippen LogP contribution in [0.25, 0.3) is 0 Å². The second kappa shape index (κ2) is 11.0. The Hall–Kier alpha value is -2.37. The summed E-state index contributed by atoms with van der Waals surface area (Å²) in [4.78, 5) is 12.7. The number of rotatable bonds is 6. The Morgan fingerprint density at radius 2 is 1.71 bits per heavy atom. The molecule has 0 atom stereocenters. The number of hydrogen-bond donors (Lipinski definition) is 1. The number of nitrogens with zero attached hydrogens (tertiary/aromatic N) is 1. The SMILES string of the molecule is O=C(Cc1cccc(C(F)(F)F)c1F)Nc1c(Cl)ccc2c1CCN(S(=O)(=O)Cc1cc(Cl)cc(Cl)c1)C2. The molecule has 5 nitrogen and oxygen atoms in total. The van der Waals surface area contributed by atoms with Gasteiger partial charge in [-0.1, -0.05) is 53.0 Å². The van der Waals surface area contributed by atoms with Crippen LogP contribution in [0.5, 0.6) is 0 Å². The normalized spacial score (nSPS) is 14.3. The lowest BCUT2D eigenvalue weighted by Crippen LogP contribution is -2.37. The van der Waals surface area contributed by atoms with E-state index in [-0.39, 0.29) is 36.0 Å². The second-order valence-electron chi connectivity index (χ2n) is 8.68. The zero-order valence-corrected chi connectivity index (χ0v) is 22.5. The number of halogens is 7. The van der Waals surface area contributed by atoms with Crippen molar-refractivity contribution >= 4 is 56.4 Å². The highest BCUT2D eigenvalue weighted by atomic mass is 35.5. The molecule has 1 heterocycles. The summed E-state index contributed by atoms with van der Waals surface area (Å²) in [6.07, 6.45) is -5.35. The zero-order chi connectivity index (χ0) is 27.8. The van der Waals surface area contributed by atoms with Crippen molar-refractivity contribution in [2.45, 2.75) is 31.3 Å². The monoisotopic (exact) mass is 608 g/mol. The minimum Gasteiger partial charge on any atom is -0.324 e. The predicted octanol–water partition coefficient (Wildman–Crippen LogP) is 6.87. The fourth-order valence-corrected chi connectivity index (χ4v) is 6.53. The first-order valence-corrected chi connectivity index (χ1v) is 13.9. The van der Waals surface area contributed by atoms with Crippen LogP contribution in [0.15, 0.2) is 48.5 Å². The molecule has 0 bridgehead atoms. The summed E-state index contributed by atoms with van der Waals surface area (Å²) in [7, 11) is -3.76. The molecular weight excluding hydrogens is 591 g/mol. The minimum absolute atomic E-state index is 0.00819. The van der Waals surface area contributed by atoms with Crippen LogP contribution in [0.2, 0.25) is 15.1 Å². The van der Waals surface area contributed by atoms with Crippen LogP contribution in [-0.2, 0) is 46.1 Å². The van der Waals surface area contributed by atoms with E-state index in [2.05, 4.69) is 5.32 Å². The van der Waals surface area contributed by atoms with Gasteiger partial charge in [-0.3, -0.25) is 4.79 Å². The van der Waals surface area contributed by atoms with E-state index in [1.54, 1.807) is 6.07 Å². The van der Waals surface area contributed by atoms with Gasteiger partial charge in [-0.05, 0) is 59.0 Å². The van der Waals surface area contributed by atoms with Crippen LogP contribution in [-0.4, -0.2) is 25.2 Å². The Labute approximate surface area is 231 Å².